The molecule has 0 aliphatic heterocycles. The van der Waals surface area contributed by atoms with E-state index in [1.165, 1.54) is 23.4 Å². The van der Waals surface area contributed by atoms with Crippen LogP contribution in [0.25, 0.3) is 11.0 Å². The Bertz CT molecular complexity index is 1060. The van der Waals surface area contributed by atoms with E-state index in [-0.39, 0.29) is 5.63 Å². The summed E-state index contributed by atoms with van der Waals surface area (Å²) < 4.78 is 5.39. The van der Waals surface area contributed by atoms with Gasteiger partial charge in [-0.25, -0.2) is 9.79 Å². The van der Waals surface area contributed by atoms with E-state index in [4.69, 9.17) is 21.8 Å². The van der Waals surface area contributed by atoms with Gasteiger partial charge in [0.05, 0.1) is 5.69 Å². The number of hydrogen-bond donors (Lipinski definition) is 1. The highest BCUT2D eigenvalue weighted by atomic mass is 35.5. The highest BCUT2D eigenvalue weighted by Crippen LogP contribution is 2.28. The summed E-state index contributed by atoms with van der Waals surface area (Å²) in [5.41, 5.74) is 10.3. The van der Waals surface area contributed by atoms with Crippen LogP contribution in [-0.2, 0) is 5.75 Å². The van der Waals surface area contributed by atoms with Crippen LogP contribution in [-0.4, -0.2) is 5.17 Å². The fourth-order valence-electron chi connectivity index (χ4n) is 2.96. The van der Waals surface area contributed by atoms with Crippen LogP contribution in [0, 0.1) is 6.92 Å². The minimum atomic E-state index is -0.358. The number of rotatable bonds is 4. The average Bonchev–Trinajstić information content (AvgIpc) is 2.60. The van der Waals surface area contributed by atoms with Crippen LogP contribution in [0.2, 0.25) is 5.02 Å². The van der Waals surface area contributed by atoms with Gasteiger partial charge in [0.1, 0.15) is 5.58 Å². The van der Waals surface area contributed by atoms with Crippen molar-refractivity contribution in [3.05, 3.63) is 74.6 Å². The minimum Gasteiger partial charge on any atom is -0.423 e. The monoisotopic (exact) mass is 400 g/mol. The molecule has 0 unspecified atom stereocenters. The van der Waals surface area contributed by atoms with E-state index in [2.05, 4.69) is 24.9 Å². The van der Waals surface area contributed by atoms with Gasteiger partial charge in [-0.15, -0.1) is 0 Å². The number of amidine groups is 1. The van der Waals surface area contributed by atoms with Crippen LogP contribution in [0.1, 0.15) is 36.5 Å². The fraction of sp³-hybridized carbons (Fsp3) is 0.238. The molecule has 0 fully saturated rings. The van der Waals surface area contributed by atoms with Gasteiger partial charge >= 0.3 is 5.63 Å². The van der Waals surface area contributed by atoms with Crippen LogP contribution in [0.15, 0.2) is 56.7 Å². The number of thioether (sulfide) groups is 1. The molecular weight excluding hydrogens is 380 g/mol. The zero-order chi connectivity index (χ0) is 19.6. The van der Waals surface area contributed by atoms with Crippen LogP contribution in [0.4, 0.5) is 5.69 Å². The normalized spacial score (nSPS) is 12.1. The number of aliphatic imine (C=N–C) groups is 1. The van der Waals surface area contributed by atoms with Crippen molar-refractivity contribution in [2.24, 2.45) is 10.7 Å². The first-order chi connectivity index (χ1) is 12.8. The van der Waals surface area contributed by atoms with Crippen LogP contribution in [0.5, 0.6) is 0 Å². The first-order valence-corrected chi connectivity index (χ1v) is 9.99. The van der Waals surface area contributed by atoms with Crippen molar-refractivity contribution in [3.63, 3.8) is 0 Å². The van der Waals surface area contributed by atoms with Gasteiger partial charge < -0.3 is 10.2 Å². The third-order valence-electron chi connectivity index (χ3n) is 4.28. The fourth-order valence-corrected chi connectivity index (χ4v) is 3.80. The second-order valence-electron chi connectivity index (χ2n) is 6.67. The molecular formula is C21H21ClN2O2S. The number of nitrogens with zero attached hydrogens (tertiary/aromatic N) is 1. The zero-order valence-electron chi connectivity index (χ0n) is 15.5. The predicted octanol–water partition coefficient (Wildman–Crippen LogP) is 5.76. The third kappa shape index (κ3) is 4.73. The molecule has 4 nitrogen and oxygen atoms in total. The molecule has 3 aromatic rings. The van der Waals surface area contributed by atoms with Gasteiger partial charge in [0.2, 0.25) is 0 Å². The number of fused-ring (bicyclic) bond motifs is 1. The van der Waals surface area contributed by atoms with E-state index < -0.39 is 0 Å². The lowest BCUT2D eigenvalue weighted by atomic mass is 9.95. The first kappa shape index (κ1) is 19.5. The molecule has 0 atom stereocenters. The van der Waals surface area contributed by atoms with E-state index in [0.29, 0.717) is 27.4 Å². The summed E-state index contributed by atoms with van der Waals surface area (Å²) in [7, 11) is 0. The molecule has 27 heavy (non-hydrogen) atoms. The Morgan fingerprint density at radius 1 is 1.22 bits per heavy atom. The van der Waals surface area contributed by atoms with Crippen molar-refractivity contribution < 1.29 is 4.42 Å². The predicted molar refractivity (Wildman–Crippen MR) is 115 cm³/mol. The van der Waals surface area contributed by atoms with Gasteiger partial charge in [-0.3, -0.25) is 0 Å². The van der Waals surface area contributed by atoms with Crippen LogP contribution < -0.4 is 11.4 Å². The van der Waals surface area contributed by atoms with E-state index in [1.54, 1.807) is 24.3 Å². The number of halogens is 1. The molecule has 140 valence electrons. The SMILES string of the molecule is Cc1cc2oc(=O)cc(CSC(N)=Nc3ccc(Cl)cc3)c2cc1C(C)C. The number of aryl methyl sites for hydroxylation is 1. The number of hydrogen-bond acceptors (Lipinski definition) is 4. The summed E-state index contributed by atoms with van der Waals surface area (Å²) in [6.07, 6.45) is 0. The summed E-state index contributed by atoms with van der Waals surface area (Å²) >= 11 is 7.27. The molecule has 2 N–H and O–H groups in total. The number of nitrogens with two attached hydrogens (primary N) is 1. The molecule has 0 aliphatic rings. The van der Waals surface area contributed by atoms with Gasteiger partial charge in [0.15, 0.2) is 5.17 Å². The molecule has 1 heterocycles. The quantitative estimate of drug-likeness (QED) is 0.343. The lowest BCUT2D eigenvalue weighted by Crippen LogP contribution is -2.07. The minimum absolute atomic E-state index is 0.358. The van der Waals surface area contributed by atoms with Crippen molar-refractivity contribution in [3.8, 4) is 0 Å². The topological polar surface area (TPSA) is 68.6 Å². The Kier molecular flexibility index (Phi) is 5.92. The summed E-state index contributed by atoms with van der Waals surface area (Å²) in [4.78, 5) is 16.3. The molecule has 3 rings (SSSR count). The molecule has 6 heteroatoms. The van der Waals surface area contributed by atoms with Gasteiger partial charge in [0, 0.05) is 22.2 Å². The first-order valence-electron chi connectivity index (χ1n) is 8.63. The molecule has 1 aromatic heterocycles. The molecule has 0 aliphatic carbocycles. The van der Waals surface area contributed by atoms with Crippen LogP contribution >= 0.6 is 23.4 Å². The summed E-state index contributed by atoms with van der Waals surface area (Å²) in [5.74, 6) is 0.921. The van der Waals surface area contributed by atoms with Crippen molar-refractivity contribution in [2.75, 3.05) is 0 Å². The Morgan fingerprint density at radius 3 is 2.59 bits per heavy atom. The Labute approximate surface area is 167 Å². The summed E-state index contributed by atoms with van der Waals surface area (Å²) in [6, 6.07) is 12.7. The smallest absolute Gasteiger partial charge is 0.336 e. The lowest BCUT2D eigenvalue weighted by molar-refractivity contribution is 0.559. The van der Waals surface area contributed by atoms with Crippen molar-refractivity contribution in [1.29, 1.82) is 0 Å². The van der Waals surface area contributed by atoms with Crippen molar-refractivity contribution in [2.45, 2.75) is 32.4 Å². The molecule has 2 aromatic carbocycles. The summed E-state index contributed by atoms with van der Waals surface area (Å²) in [6.45, 7) is 6.34. The zero-order valence-corrected chi connectivity index (χ0v) is 17.0. The van der Waals surface area contributed by atoms with E-state index in [1.807, 2.05) is 13.0 Å². The van der Waals surface area contributed by atoms with Crippen molar-refractivity contribution in [1.82, 2.24) is 0 Å². The molecule has 0 amide bonds. The Morgan fingerprint density at radius 2 is 1.93 bits per heavy atom. The van der Waals surface area contributed by atoms with Crippen LogP contribution in [0.3, 0.4) is 0 Å². The van der Waals surface area contributed by atoms with E-state index in [0.717, 1.165) is 22.2 Å². The maximum Gasteiger partial charge on any atom is 0.336 e. The molecule has 0 radical (unpaired) electrons. The maximum atomic E-state index is 12.0. The molecule has 0 saturated carbocycles. The Balaban J connectivity index is 1.90. The van der Waals surface area contributed by atoms with Gasteiger partial charge in [-0.1, -0.05) is 37.2 Å². The second-order valence-corrected chi connectivity index (χ2v) is 8.10. The third-order valence-corrected chi connectivity index (χ3v) is 5.37. The van der Waals surface area contributed by atoms with Gasteiger partial charge in [-0.2, -0.15) is 0 Å². The van der Waals surface area contributed by atoms with E-state index in [9.17, 15) is 4.79 Å². The second kappa shape index (κ2) is 8.19. The highest BCUT2D eigenvalue weighted by molar-refractivity contribution is 8.13. The standard InChI is InChI=1S/C21H21ClN2O2S/c1-12(2)17-10-18-14(9-20(25)26-19(18)8-13(17)3)11-27-21(23)24-16-6-4-15(22)5-7-16/h4-10,12H,11H2,1-3H3,(H2,23,24). The number of benzene rings is 2. The summed E-state index contributed by atoms with van der Waals surface area (Å²) in [5, 5.41) is 2.02. The van der Waals surface area contributed by atoms with E-state index >= 15 is 0 Å². The van der Waals surface area contributed by atoms with Gasteiger partial charge in [0.25, 0.3) is 0 Å². The average molecular weight is 401 g/mol. The molecule has 0 saturated heterocycles. The lowest BCUT2D eigenvalue weighted by Gasteiger charge is -2.13. The maximum absolute atomic E-state index is 12.0. The van der Waals surface area contributed by atoms with Gasteiger partial charge in [-0.05, 0) is 65.9 Å². The molecule has 0 spiro atoms. The molecule has 0 bridgehead atoms. The Hall–Kier alpha value is -2.24. The highest BCUT2D eigenvalue weighted by Gasteiger charge is 2.12. The van der Waals surface area contributed by atoms with Crippen molar-refractivity contribution >= 4 is 45.2 Å². The largest absolute Gasteiger partial charge is 0.423 e.